The Bertz CT molecular complexity index is 787. The average Bonchev–Trinajstić information content (AvgIpc) is 2.57. The van der Waals surface area contributed by atoms with Crippen molar-refractivity contribution >= 4 is 5.90 Å². The molecule has 3 saturated heterocycles. The van der Waals surface area contributed by atoms with E-state index in [1.54, 1.807) is 38.1 Å². The van der Waals surface area contributed by atoms with Crippen LogP contribution in [0.15, 0.2) is 30.3 Å². The Hall–Kier alpha value is -2.88. The van der Waals surface area contributed by atoms with Crippen LogP contribution >= 0.6 is 0 Å². The van der Waals surface area contributed by atoms with Crippen molar-refractivity contribution in [3.05, 3.63) is 35.9 Å². The molecule has 0 amide bonds. The van der Waals surface area contributed by atoms with Crippen LogP contribution in [0.25, 0.3) is 0 Å². The first-order chi connectivity index (χ1) is 10.9. The standard InChI is InChI=1S/C17H14N4O2/c1-11-15(2)22-13(12-6-4-3-5-7-12)17(10-20,14(21)23-15)16(11,8-18)9-19/h3-7,11,13,21H,1-2H3/t11-,13-,15-,17-/m1/s1. The number of hydrogen-bond donors (Lipinski definition) is 1. The molecule has 6 nitrogen and oxygen atoms in total. The van der Waals surface area contributed by atoms with Crippen molar-refractivity contribution in [2.24, 2.45) is 16.7 Å². The molecule has 4 rings (SSSR count). The van der Waals surface area contributed by atoms with Crippen LogP contribution in [0.5, 0.6) is 0 Å². The molecule has 114 valence electrons. The highest BCUT2D eigenvalue weighted by Crippen LogP contribution is 2.66. The van der Waals surface area contributed by atoms with Crippen LogP contribution < -0.4 is 0 Å². The molecule has 4 atom stereocenters. The van der Waals surface area contributed by atoms with Crippen LogP contribution in [0.1, 0.15) is 25.5 Å². The number of hydrogen-bond acceptors (Lipinski definition) is 6. The molecule has 23 heavy (non-hydrogen) atoms. The second kappa shape index (κ2) is 4.56. The first-order valence-corrected chi connectivity index (χ1v) is 7.16. The van der Waals surface area contributed by atoms with Crippen LogP contribution in [-0.4, -0.2) is 11.7 Å². The Labute approximate surface area is 134 Å². The number of fused-ring (bicyclic) bond motifs is 3. The van der Waals surface area contributed by atoms with Crippen LogP contribution in [0.3, 0.4) is 0 Å². The van der Waals surface area contributed by atoms with Crippen molar-refractivity contribution in [2.75, 3.05) is 0 Å². The predicted molar refractivity (Wildman–Crippen MR) is 78.4 cm³/mol. The third kappa shape index (κ3) is 1.50. The molecule has 1 N–H and O–H groups in total. The van der Waals surface area contributed by atoms with Gasteiger partial charge in [-0.25, -0.2) is 0 Å². The van der Waals surface area contributed by atoms with Crippen LogP contribution in [0, 0.1) is 56.2 Å². The number of nitrogens with zero attached hydrogens (tertiary/aromatic N) is 3. The SMILES string of the molecule is C[C@H]1C(C#N)(C#N)[C@@]2(C#N)C(=N)O[C@@]1(C)O[C@@H]2c1ccccc1. The summed E-state index contributed by atoms with van der Waals surface area (Å²) < 4.78 is 11.5. The van der Waals surface area contributed by atoms with E-state index in [2.05, 4.69) is 0 Å². The molecule has 3 aliphatic heterocycles. The molecule has 0 aliphatic carbocycles. The molecule has 3 heterocycles. The summed E-state index contributed by atoms with van der Waals surface area (Å²) in [5, 5.41) is 37.8. The number of nitrogens with one attached hydrogen (secondary N) is 1. The van der Waals surface area contributed by atoms with E-state index in [0.29, 0.717) is 5.56 Å². The summed E-state index contributed by atoms with van der Waals surface area (Å²) in [4.78, 5) is 0. The van der Waals surface area contributed by atoms with Crippen molar-refractivity contribution in [1.82, 2.24) is 0 Å². The Kier molecular flexibility index (Phi) is 2.98. The predicted octanol–water partition coefficient (Wildman–Crippen LogP) is 2.66. The summed E-state index contributed by atoms with van der Waals surface area (Å²) in [7, 11) is 0. The number of ether oxygens (including phenoxy) is 2. The molecule has 0 unspecified atom stereocenters. The zero-order chi connectivity index (χ0) is 16.9. The van der Waals surface area contributed by atoms with Crippen LogP contribution in [-0.2, 0) is 9.47 Å². The van der Waals surface area contributed by atoms with E-state index < -0.39 is 28.6 Å². The smallest absolute Gasteiger partial charge is 0.215 e. The van der Waals surface area contributed by atoms with Gasteiger partial charge in [0.15, 0.2) is 10.8 Å². The van der Waals surface area contributed by atoms with E-state index in [9.17, 15) is 15.8 Å². The summed E-state index contributed by atoms with van der Waals surface area (Å²) in [6.45, 7) is 3.25. The fourth-order valence-electron chi connectivity index (χ4n) is 3.60. The lowest BCUT2D eigenvalue weighted by atomic mass is 9.51. The van der Waals surface area contributed by atoms with Gasteiger partial charge in [-0.3, -0.25) is 5.41 Å². The Morgan fingerprint density at radius 1 is 1.09 bits per heavy atom. The summed E-state index contributed by atoms with van der Waals surface area (Å²) in [5.74, 6) is -2.40. The van der Waals surface area contributed by atoms with Crippen LogP contribution in [0.2, 0.25) is 0 Å². The quantitative estimate of drug-likeness (QED) is 0.856. The fraction of sp³-hybridized carbons (Fsp3) is 0.412. The molecule has 1 aromatic rings. The van der Waals surface area contributed by atoms with Crippen molar-refractivity contribution in [3.8, 4) is 18.2 Å². The van der Waals surface area contributed by atoms with Gasteiger partial charge in [-0.05, 0) is 5.56 Å². The van der Waals surface area contributed by atoms with E-state index in [-0.39, 0.29) is 5.90 Å². The molecular weight excluding hydrogens is 292 g/mol. The maximum atomic E-state index is 9.91. The van der Waals surface area contributed by atoms with Gasteiger partial charge in [0, 0.05) is 6.92 Å². The molecule has 6 heteroatoms. The highest BCUT2D eigenvalue weighted by molar-refractivity contribution is 5.88. The lowest BCUT2D eigenvalue weighted by Gasteiger charge is -2.60. The highest BCUT2D eigenvalue weighted by Gasteiger charge is 2.77. The van der Waals surface area contributed by atoms with Gasteiger partial charge in [0.2, 0.25) is 11.7 Å². The monoisotopic (exact) mass is 306 g/mol. The third-order valence-corrected chi connectivity index (χ3v) is 5.10. The number of benzene rings is 1. The maximum Gasteiger partial charge on any atom is 0.215 e. The minimum atomic E-state index is -1.81. The van der Waals surface area contributed by atoms with Crippen molar-refractivity contribution in [1.29, 1.82) is 21.2 Å². The topological polar surface area (TPSA) is 114 Å². The third-order valence-electron chi connectivity index (χ3n) is 5.10. The molecule has 3 aliphatic rings. The van der Waals surface area contributed by atoms with Gasteiger partial charge in [-0.1, -0.05) is 37.3 Å². The Balaban J connectivity index is 2.35. The van der Waals surface area contributed by atoms with Crippen LogP contribution in [0.4, 0.5) is 0 Å². The lowest BCUT2D eigenvalue weighted by Crippen LogP contribution is -2.71. The van der Waals surface area contributed by atoms with Gasteiger partial charge in [0.1, 0.15) is 6.10 Å². The normalized spacial score (nSPS) is 37.1. The number of nitriles is 3. The van der Waals surface area contributed by atoms with E-state index in [1.807, 2.05) is 24.3 Å². The van der Waals surface area contributed by atoms with Gasteiger partial charge in [-0.15, -0.1) is 0 Å². The lowest BCUT2D eigenvalue weighted by molar-refractivity contribution is -0.338. The van der Waals surface area contributed by atoms with Gasteiger partial charge in [-0.2, -0.15) is 15.8 Å². The summed E-state index contributed by atoms with van der Waals surface area (Å²) in [6, 6.07) is 14.9. The zero-order valence-corrected chi connectivity index (χ0v) is 12.7. The molecular formula is C17H14N4O2. The van der Waals surface area contributed by atoms with Gasteiger partial charge in [0.25, 0.3) is 0 Å². The second-order valence-electron chi connectivity index (χ2n) is 6.03. The first kappa shape index (κ1) is 15.0. The summed E-state index contributed by atoms with van der Waals surface area (Å²) >= 11 is 0. The Morgan fingerprint density at radius 2 is 1.70 bits per heavy atom. The van der Waals surface area contributed by atoms with E-state index >= 15 is 0 Å². The van der Waals surface area contributed by atoms with E-state index in [1.165, 1.54) is 0 Å². The number of rotatable bonds is 1. The molecule has 0 saturated carbocycles. The molecule has 0 spiro atoms. The second-order valence-corrected chi connectivity index (χ2v) is 6.03. The molecule has 0 radical (unpaired) electrons. The molecule has 2 bridgehead atoms. The van der Waals surface area contributed by atoms with E-state index in [0.717, 1.165) is 0 Å². The molecule has 3 fully saturated rings. The van der Waals surface area contributed by atoms with Gasteiger partial charge in [0.05, 0.1) is 24.1 Å². The summed E-state index contributed by atoms with van der Waals surface area (Å²) in [5.41, 5.74) is -2.91. The first-order valence-electron chi connectivity index (χ1n) is 7.16. The fourth-order valence-corrected chi connectivity index (χ4v) is 3.60. The minimum Gasteiger partial charge on any atom is -0.448 e. The average molecular weight is 306 g/mol. The van der Waals surface area contributed by atoms with Gasteiger partial charge >= 0.3 is 0 Å². The Morgan fingerprint density at radius 3 is 2.22 bits per heavy atom. The summed E-state index contributed by atoms with van der Waals surface area (Å²) in [6.07, 6.45) is -0.921. The molecule has 0 aromatic heterocycles. The largest absolute Gasteiger partial charge is 0.448 e. The maximum absolute atomic E-state index is 9.91. The highest BCUT2D eigenvalue weighted by atomic mass is 16.7. The zero-order valence-electron chi connectivity index (χ0n) is 12.7. The molecule has 1 aromatic carbocycles. The van der Waals surface area contributed by atoms with E-state index in [4.69, 9.17) is 14.9 Å². The van der Waals surface area contributed by atoms with Crippen molar-refractivity contribution in [2.45, 2.75) is 25.7 Å². The van der Waals surface area contributed by atoms with Crippen molar-refractivity contribution < 1.29 is 9.47 Å². The van der Waals surface area contributed by atoms with Crippen molar-refractivity contribution in [3.63, 3.8) is 0 Å². The minimum absolute atomic E-state index is 0.385. The van der Waals surface area contributed by atoms with Gasteiger partial charge < -0.3 is 9.47 Å².